The summed E-state index contributed by atoms with van der Waals surface area (Å²) in [5.41, 5.74) is 9.26. The van der Waals surface area contributed by atoms with Gasteiger partial charge in [-0.3, -0.25) is 9.59 Å². The Balaban J connectivity index is 1.55. The van der Waals surface area contributed by atoms with Crippen molar-refractivity contribution in [3.05, 3.63) is 71.2 Å². The highest BCUT2D eigenvalue weighted by atomic mass is 16.6. The van der Waals surface area contributed by atoms with Gasteiger partial charge in [-0.25, -0.2) is 9.67 Å². The topological polar surface area (TPSA) is 137 Å². The van der Waals surface area contributed by atoms with Crippen molar-refractivity contribution in [2.75, 3.05) is 18.5 Å². The van der Waals surface area contributed by atoms with Gasteiger partial charge in [0.1, 0.15) is 0 Å². The number of pyridine rings is 1. The van der Waals surface area contributed by atoms with Crippen LogP contribution in [0.25, 0.3) is 5.82 Å². The summed E-state index contributed by atoms with van der Waals surface area (Å²) in [5, 5.41) is 13.5. The first-order valence-corrected chi connectivity index (χ1v) is 10.0. The quantitative estimate of drug-likeness (QED) is 0.281. The summed E-state index contributed by atoms with van der Waals surface area (Å²) < 4.78 is 1.73. The fraction of sp³-hybridized carbons (Fsp3) is 0.227. The van der Waals surface area contributed by atoms with Crippen LogP contribution in [0, 0.1) is 13.8 Å². The zero-order chi connectivity index (χ0) is 23.1. The van der Waals surface area contributed by atoms with Crippen LogP contribution in [-0.4, -0.2) is 45.6 Å². The number of rotatable bonds is 8. The molecule has 2 amide bonds. The predicted molar refractivity (Wildman–Crippen MR) is 121 cm³/mol. The Bertz CT molecular complexity index is 1140. The molecular formula is C22H25N7O3. The fourth-order valence-corrected chi connectivity index (χ4v) is 2.93. The molecule has 1 aromatic carbocycles. The summed E-state index contributed by atoms with van der Waals surface area (Å²) in [5.74, 6) is 0.0908. The van der Waals surface area contributed by atoms with E-state index in [0.717, 1.165) is 11.4 Å². The Morgan fingerprint density at radius 1 is 1.16 bits per heavy atom. The van der Waals surface area contributed by atoms with Crippen molar-refractivity contribution in [3.8, 4) is 5.82 Å². The maximum Gasteiger partial charge on any atom is 0.265 e. The van der Waals surface area contributed by atoms with E-state index < -0.39 is 5.91 Å². The van der Waals surface area contributed by atoms with Gasteiger partial charge in [-0.1, -0.05) is 11.2 Å². The minimum atomic E-state index is -0.437. The lowest BCUT2D eigenvalue weighted by molar-refractivity contribution is -0.120. The summed E-state index contributed by atoms with van der Waals surface area (Å²) in [6.45, 7) is 5.86. The average Bonchev–Trinajstić information content (AvgIpc) is 3.12. The number of nitrogens with two attached hydrogens (primary N) is 1. The molecule has 32 heavy (non-hydrogen) atoms. The number of hydrogen-bond donors (Lipinski definition) is 3. The SMILES string of the molecule is CCNC(=O)c1cccc(NC(=O)CO/N=C(/N)c2ccc(-n3nc(C)cc3C)nc2)c1. The summed E-state index contributed by atoms with van der Waals surface area (Å²) in [6, 6.07) is 12.1. The summed E-state index contributed by atoms with van der Waals surface area (Å²) >= 11 is 0. The van der Waals surface area contributed by atoms with Gasteiger partial charge in [0.05, 0.1) is 5.69 Å². The van der Waals surface area contributed by atoms with Gasteiger partial charge in [-0.05, 0) is 57.2 Å². The number of carbonyl (C=O) groups excluding carboxylic acids is 2. The van der Waals surface area contributed by atoms with Crippen molar-refractivity contribution in [2.24, 2.45) is 10.9 Å². The standard InChI is InChI=1S/C22H25N7O3/c1-4-24-22(31)16-6-5-7-18(11-16)26-20(30)13-32-28-21(23)17-8-9-19(25-12-17)29-15(3)10-14(2)27-29/h5-12H,4,13H2,1-3H3,(H2,23,28)(H,24,31)(H,26,30). The summed E-state index contributed by atoms with van der Waals surface area (Å²) in [4.78, 5) is 33.4. The third-order valence-electron chi connectivity index (χ3n) is 4.37. The van der Waals surface area contributed by atoms with E-state index in [4.69, 9.17) is 10.6 Å². The van der Waals surface area contributed by atoms with Gasteiger partial charge in [0.15, 0.2) is 18.3 Å². The largest absolute Gasteiger partial charge is 0.384 e. The van der Waals surface area contributed by atoms with E-state index >= 15 is 0 Å². The number of oxime groups is 1. The van der Waals surface area contributed by atoms with Gasteiger partial charge in [-0.15, -0.1) is 0 Å². The molecule has 0 aliphatic rings. The van der Waals surface area contributed by atoms with E-state index in [1.807, 2.05) is 26.8 Å². The normalized spacial score (nSPS) is 11.2. The van der Waals surface area contributed by atoms with Crippen LogP contribution >= 0.6 is 0 Å². The molecule has 0 spiro atoms. The molecule has 0 fully saturated rings. The molecule has 2 aromatic heterocycles. The number of amidine groups is 1. The molecule has 3 rings (SSSR count). The molecular weight excluding hydrogens is 410 g/mol. The number of hydrogen-bond acceptors (Lipinski definition) is 6. The van der Waals surface area contributed by atoms with Gasteiger partial charge in [0.25, 0.3) is 11.8 Å². The van der Waals surface area contributed by atoms with Crippen LogP contribution in [0.1, 0.15) is 34.2 Å². The van der Waals surface area contributed by atoms with Crippen molar-refractivity contribution >= 4 is 23.3 Å². The number of carbonyl (C=O) groups is 2. The second kappa shape index (κ2) is 10.2. The minimum absolute atomic E-state index is 0.0865. The molecule has 0 saturated heterocycles. The second-order valence-corrected chi connectivity index (χ2v) is 6.98. The number of aryl methyl sites for hydroxylation is 2. The number of nitrogens with one attached hydrogen (secondary N) is 2. The van der Waals surface area contributed by atoms with Crippen LogP contribution in [0.15, 0.2) is 53.8 Å². The van der Waals surface area contributed by atoms with Crippen LogP contribution in [-0.2, 0) is 9.63 Å². The highest BCUT2D eigenvalue weighted by molar-refractivity contribution is 5.98. The van der Waals surface area contributed by atoms with Crippen molar-refractivity contribution in [3.63, 3.8) is 0 Å². The molecule has 2 heterocycles. The molecule has 0 unspecified atom stereocenters. The van der Waals surface area contributed by atoms with Gasteiger partial charge < -0.3 is 21.2 Å². The molecule has 3 aromatic rings. The number of amides is 2. The fourth-order valence-electron chi connectivity index (χ4n) is 2.93. The maximum atomic E-state index is 12.1. The zero-order valence-corrected chi connectivity index (χ0v) is 18.1. The van der Waals surface area contributed by atoms with Crippen LogP contribution in [0.3, 0.4) is 0 Å². The number of nitrogens with zero attached hydrogens (tertiary/aromatic N) is 4. The third-order valence-corrected chi connectivity index (χ3v) is 4.37. The van der Waals surface area contributed by atoms with E-state index in [9.17, 15) is 9.59 Å². The smallest absolute Gasteiger partial charge is 0.265 e. The van der Waals surface area contributed by atoms with Crippen molar-refractivity contribution in [1.82, 2.24) is 20.1 Å². The lowest BCUT2D eigenvalue weighted by atomic mass is 10.2. The van der Waals surface area contributed by atoms with Crippen LogP contribution in [0.5, 0.6) is 0 Å². The van der Waals surface area contributed by atoms with E-state index in [1.165, 1.54) is 0 Å². The highest BCUT2D eigenvalue weighted by Crippen LogP contribution is 2.12. The molecule has 0 radical (unpaired) electrons. The first-order chi connectivity index (χ1) is 15.4. The number of anilines is 1. The minimum Gasteiger partial charge on any atom is -0.384 e. The Morgan fingerprint density at radius 3 is 2.62 bits per heavy atom. The third kappa shape index (κ3) is 5.69. The monoisotopic (exact) mass is 435 g/mol. The average molecular weight is 435 g/mol. The van der Waals surface area contributed by atoms with Crippen LogP contribution in [0.4, 0.5) is 5.69 Å². The van der Waals surface area contributed by atoms with Crippen molar-refractivity contribution < 1.29 is 14.4 Å². The molecule has 10 heteroatoms. The van der Waals surface area contributed by atoms with Crippen LogP contribution in [0.2, 0.25) is 0 Å². The van der Waals surface area contributed by atoms with Gasteiger partial charge in [0.2, 0.25) is 0 Å². The molecule has 0 bridgehead atoms. The summed E-state index contributed by atoms with van der Waals surface area (Å²) in [7, 11) is 0. The number of benzene rings is 1. The maximum absolute atomic E-state index is 12.1. The molecule has 4 N–H and O–H groups in total. The first kappa shape index (κ1) is 22.5. The summed E-state index contributed by atoms with van der Waals surface area (Å²) in [6.07, 6.45) is 1.56. The van der Waals surface area contributed by atoms with E-state index in [0.29, 0.717) is 29.2 Å². The van der Waals surface area contributed by atoms with Crippen molar-refractivity contribution in [1.29, 1.82) is 0 Å². The molecule has 0 aliphatic carbocycles. The lowest BCUT2D eigenvalue weighted by Crippen LogP contribution is -2.23. The Morgan fingerprint density at radius 2 is 1.97 bits per heavy atom. The Kier molecular flexibility index (Phi) is 7.17. The molecule has 0 aliphatic heterocycles. The van der Waals surface area contributed by atoms with Gasteiger partial charge >= 0.3 is 0 Å². The van der Waals surface area contributed by atoms with Crippen LogP contribution < -0.4 is 16.4 Å². The predicted octanol–water partition coefficient (Wildman–Crippen LogP) is 1.91. The molecule has 0 atom stereocenters. The van der Waals surface area contributed by atoms with Crippen molar-refractivity contribution in [2.45, 2.75) is 20.8 Å². The van der Waals surface area contributed by atoms with E-state index in [-0.39, 0.29) is 18.3 Å². The molecule has 10 nitrogen and oxygen atoms in total. The van der Waals surface area contributed by atoms with Gasteiger partial charge in [0, 0.05) is 35.2 Å². The highest BCUT2D eigenvalue weighted by Gasteiger charge is 2.09. The first-order valence-electron chi connectivity index (χ1n) is 10.0. The van der Waals surface area contributed by atoms with E-state index in [2.05, 4.69) is 25.9 Å². The van der Waals surface area contributed by atoms with Gasteiger partial charge in [-0.2, -0.15) is 5.10 Å². The number of aromatic nitrogens is 3. The molecule has 0 saturated carbocycles. The Labute approximate surface area is 185 Å². The lowest BCUT2D eigenvalue weighted by Gasteiger charge is -2.07. The molecule has 166 valence electrons. The Hall–Kier alpha value is -4.21. The van der Waals surface area contributed by atoms with E-state index in [1.54, 1.807) is 47.3 Å². The second-order valence-electron chi connectivity index (χ2n) is 6.98. The zero-order valence-electron chi connectivity index (χ0n) is 18.1.